The van der Waals surface area contributed by atoms with Crippen LogP contribution in [0.15, 0.2) is 69.2 Å². The second-order valence-electron chi connectivity index (χ2n) is 6.46. The molecule has 1 amide bonds. The van der Waals surface area contributed by atoms with Crippen molar-refractivity contribution in [3.05, 3.63) is 86.0 Å². The molecule has 0 bridgehead atoms. The predicted molar refractivity (Wildman–Crippen MR) is 125 cm³/mol. The van der Waals surface area contributed by atoms with Gasteiger partial charge in [0.05, 0.1) is 45.2 Å². The molecule has 2 aromatic carbocycles. The highest BCUT2D eigenvalue weighted by atomic mass is 35.5. The van der Waals surface area contributed by atoms with E-state index in [1.807, 2.05) is 0 Å². The van der Waals surface area contributed by atoms with Gasteiger partial charge < -0.3 is 9.73 Å². The Morgan fingerprint density at radius 1 is 1.10 bits per heavy atom. The maximum atomic E-state index is 13.1. The molecule has 31 heavy (non-hydrogen) atoms. The minimum atomic E-state index is -0.343. The van der Waals surface area contributed by atoms with Gasteiger partial charge in [-0.1, -0.05) is 52.6 Å². The Balaban J connectivity index is 1.63. The van der Waals surface area contributed by atoms with Gasteiger partial charge in [0.1, 0.15) is 5.76 Å². The van der Waals surface area contributed by atoms with E-state index in [-0.39, 0.29) is 23.8 Å². The summed E-state index contributed by atoms with van der Waals surface area (Å²) in [6, 6.07) is 13.3. The number of anilines is 1. The van der Waals surface area contributed by atoms with Crippen molar-refractivity contribution in [1.82, 2.24) is 9.55 Å². The number of amides is 1. The van der Waals surface area contributed by atoms with Crippen molar-refractivity contribution >= 4 is 69.1 Å². The van der Waals surface area contributed by atoms with Crippen molar-refractivity contribution in [3.8, 4) is 0 Å². The molecule has 0 spiro atoms. The third-order valence-corrected chi connectivity index (χ3v) is 6.18. The molecule has 4 aromatic rings. The lowest BCUT2D eigenvalue weighted by molar-refractivity contribution is -0.113. The fourth-order valence-corrected chi connectivity index (χ4v) is 4.36. The second kappa shape index (κ2) is 9.36. The highest BCUT2D eigenvalue weighted by Crippen LogP contribution is 2.30. The van der Waals surface area contributed by atoms with Gasteiger partial charge in [-0.05, 0) is 42.5 Å². The summed E-state index contributed by atoms with van der Waals surface area (Å²) in [5, 5.41) is 4.61. The Morgan fingerprint density at radius 2 is 1.87 bits per heavy atom. The zero-order chi connectivity index (χ0) is 22.0. The predicted octanol–water partition coefficient (Wildman–Crippen LogP) is 5.73. The number of halogens is 3. The van der Waals surface area contributed by atoms with Crippen LogP contribution in [0.1, 0.15) is 5.76 Å². The maximum absolute atomic E-state index is 13.1. The fourth-order valence-electron chi connectivity index (χ4n) is 2.90. The van der Waals surface area contributed by atoms with Crippen LogP contribution in [0.4, 0.5) is 5.69 Å². The van der Waals surface area contributed by atoms with E-state index in [4.69, 9.17) is 39.2 Å². The summed E-state index contributed by atoms with van der Waals surface area (Å²) < 4.78 is 6.85. The number of nitrogens with one attached hydrogen (secondary N) is 1. The molecule has 1 N–H and O–H groups in total. The highest BCUT2D eigenvalue weighted by molar-refractivity contribution is 7.99. The van der Waals surface area contributed by atoms with Crippen molar-refractivity contribution in [2.75, 3.05) is 11.1 Å². The summed E-state index contributed by atoms with van der Waals surface area (Å²) in [5.74, 6) is 0.231. The van der Waals surface area contributed by atoms with E-state index in [2.05, 4.69) is 10.3 Å². The first-order valence-corrected chi connectivity index (χ1v) is 11.1. The molecule has 2 heterocycles. The third-order valence-electron chi connectivity index (χ3n) is 4.34. The van der Waals surface area contributed by atoms with Gasteiger partial charge in [-0.15, -0.1) is 0 Å². The number of carbonyl (C=O) groups excluding carboxylic acids is 1. The molecule has 0 saturated heterocycles. The van der Waals surface area contributed by atoms with E-state index in [1.165, 1.54) is 10.8 Å². The van der Waals surface area contributed by atoms with Crippen LogP contribution >= 0.6 is 46.6 Å². The molecular formula is C21H14Cl3N3O3S. The first-order valence-electron chi connectivity index (χ1n) is 9.01. The van der Waals surface area contributed by atoms with Gasteiger partial charge in [-0.3, -0.25) is 14.2 Å². The van der Waals surface area contributed by atoms with E-state index < -0.39 is 0 Å². The molecule has 4 rings (SSSR count). The van der Waals surface area contributed by atoms with Gasteiger partial charge in [0.15, 0.2) is 5.16 Å². The van der Waals surface area contributed by atoms with Crippen LogP contribution in [0.5, 0.6) is 0 Å². The number of fused-ring (bicyclic) bond motifs is 1. The average Bonchev–Trinajstić information content (AvgIpc) is 3.25. The van der Waals surface area contributed by atoms with Gasteiger partial charge in [-0.25, -0.2) is 4.98 Å². The number of aromatic nitrogens is 2. The second-order valence-corrected chi connectivity index (χ2v) is 8.65. The van der Waals surface area contributed by atoms with Crippen LogP contribution in [0.25, 0.3) is 10.9 Å². The Labute approximate surface area is 196 Å². The van der Waals surface area contributed by atoms with Crippen LogP contribution in [0.2, 0.25) is 15.1 Å². The number of para-hydroxylation sites is 1. The molecule has 0 atom stereocenters. The summed E-state index contributed by atoms with van der Waals surface area (Å²) in [7, 11) is 0. The molecule has 0 unspecified atom stereocenters. The topological polar surface area (TPSA) is 77.1 Å². The van der Waals surface area contributed by atoms with Crippen LogP contribution in [-0.2, 0) is 11.3 Å². The number of furan rings is 1. The number of benzene rings is 2. The molecule has 158 valence electrons. The smallest absolute Gasteiger partial charge is 0.262 e. The quantitative estimate of drug-likeness (QED) is 0.274. The number of nitrogens with zero attached hydrogens (tertiary/aromatic N) is 2. The highest BCUT2D eigenvalue weighted by Gasteiger charge is 2.16. The Kier molecular flexibility index (Phi) is 6.57. The maximum Gasteiger partial charge on any atom is 0.262 e. The number of hydrogen-bond donors (Lipinski definition) is 1. The SMILES string of the molecule is O=C(CSc1nc2cc(Cl)ccc2c(=O)n1Cc1ccco1)Nc1c(Cl)cccc1Cl. The van der Waals surface area contributed by atoms with Crippen molar-refractivity contribution < 1.29 is 9.21 Å². The van der Waals surface area contributed by atoms with Gasteiger partial charge >= 0.3 is 0 Å². The summed E-state index contributed by atoms with van der Waals surface area (Å²) in [4.78, 5) is 30.2. The van der Waals surface area contributed by atoms with E-state index in [0.717, 1.165) is 11.8 Å². The minimum absolute atomic E-state index is 0.0157. The molecule has 0 aliphatic rings. The Morgan fingerprint density at radius 3 is 2.58 bits per heavy atom. The number of rotatable bonds is 6. The standard InChI is InChI=1S/C21H14Cl3N3O3S/c22-12-6-7-14-17(9-12)25-21(27(20(14)29)10-13-3-2-8-30-13)31-11-18(28)26-19-15(23)4-1-5-16(19)24/h1-9H,10-11H2,(H,26,28). The van der Waals surface area contributed by atoms with Crippen LogP contribution < -0.4 is 10.9 Å². The van der Waals surface area contributed by atoms with Crippen LogP contribution in [-0.4, -0.2) is 21.2 Å². The van der Waals surface area contributed by atoms with Gasteiger partial charge in [0, 0.05) is 5.02 Å². The van der Waals surface area contributed by atoms with Crippen molar-refractivity contribution in [2.24, 2.45) is 0 Å². The van der Waals surface area contributed by atoms with Crippen molar-refractivity contribution in [1.29, 1.82) is 0 Å². The lowest BCUT2D eigenvalue weighted by atomic mass is 10.2. The Bertz CT molecular complexity index is 1300. The molecular weight excluding hydrogens is 481 g/mol. The summed E-state index contributed by atoms with van der Waals surface area (Å²) in [5.41, 5.74) is 0.531. The lowest BCUT2D eigenvalue weighted by Crippen LogP contribution is -2.24. The number of carbonyl (C=O) groups is 1. The zero-order valence-electron chi connectivity index (χ0n) is 15.8. The largest absolute Gasteiger partial charge is 0.467 e. The third kappa shape index (κ3) is 4.91. The van der Waals surface area contributed by atoms with E-state index in [1.54, 1.807) is 48.5 Å². The number of thioether (sulfide) groups is 1. The molecule has 0 radical (unpaired) electrons. The molecule has 10 heteroatoms. The molecule has 0 saturated carbocycles. The van der Waals surface area contributed by atoms with E-state index in [0.29, 0.717) is 42.6 Å². The van der Waals surface area contributed by atoms with E-state index in [9.17, 15) is 9.59 Å². The first-order chi connectivity index (χ1) is 14.9. The normalized spacial score (nSPS) is 11.1. The number of hydrogen-bond acceptors (Lipinski definition) is 5. The van der Waals surface area contributed by atoms with Gasteiger partial charge in [-0.2, -0.15) is 0 Å². The monoisotopic (exact) mass is 493 g/mol. The molecule has 2 aromatic heterocycles. The first kappa shape index (κ1) is 21.8. The van der Waals surface area contributed by atoms with E-state index >= 15 is 0 Å². The Hall–Kier alpha value is -2.45. The summed E-state index contributed by atoms with van der Waals surface area (Å²) in [6.45, 7) is 0.178. The van der Waals surface area contributed by atoms with Crippen molar-refractivity contribution in [2.45, 2.75) is 11.7 Å². The van der Waals surface area contributed by atoms with Gasteiger partial charge in [0.25, 0.3) is 5.56 Å². The zero-order valence-corrected chi connectivity index (χ0v) is 18.9. The molecule has 6 nitrogen and oxygen atoms in total. The minimum Gasteiger partial charge on any atom is -0.467 e. The van der Waals surface area contributed by atoms with Crippen molar-refractivity contribution in [3.63, 3.8) is 0 Å². The van der Waals surface area contributed by atoms with Crippen LogP contribution in [0.3, 0.4) is 0 Å². The molecule has 0 fully saturated rings. The van der Waals surface area contributed by atoms with Gasteiger partial charge in [0.2, 0.25) is 5.91 Å². The lowest BCUT2D eigenvalue weighted by Gasteiger charge is -2.13. The molecule has 0 aliphatic carbocycles. The van der Waals surface area contributed by atoms with Crippen LogP contribution in [0, 0.1) is 0 Å². The average molecular weight is 495 g/mol. The summed E-state index contributed by atoms with van der Waals surface area (Å²) in [6.07, 6.45) is 1.53. The molecule has 0 aliphatic heterocycles. The fraction of sp³-hybridized carbons (Fsp3) is 0.0952. The summed E-state index contributed by atoms with van der Waals surface area (Å²) >= 11 is 19.4.